The lowest BCUT2D eigenvalue weighted by Crippen LogP contribution is -2.49. The normalized spacial score (nSPS) is 15.1. The second kappa shape index (κ2) is 15.6. The van der Waals surface area contributed by atoms with Gasteiger partial charge in [0.1, 0.15) is 12.1 Å². The number of aldehydes is 1. The number of rotatable bonds is 10. The number of nitriles is 1. The molecule has 3 aromatic rings. The number of amides is 1. The van der Waals surface area contributed by atoms with Gasteiger partial charge in [-0.2, -0.15) is 15.2 Å². The topological polar surface area (TPSA) is 106 Å². The Kier molecular flexibility index (Phi) is 11.7. The van der Waals surface area contributed by atoms with Crippen molar-refractivity contribution in [3.05, 3.63) is 65.1 Å². The molecule has 238 valence electrons. The summed E-state index contributed by atoms with van der Waals surface area (Å²) in [6.45, 7) is 8.60. The Morgan fingerprint density at radius 2 is 1.84 bits per heavy atom. The second-order valence-electron chi connectivity index (χ2n) is 11.3. The second-order valence-corrected chi connectivity index (χ2v) is 11.7. The monoisotopic (exact) mass is 635 g/mol. The number of fused-ring (bicyclic) bond motifs is 2. The van der Waals surface area contributed by atoms with E-state index in [1.807, 2.05) is 37.2 Å². The number of benzene rings is 2. The first kappa shape index (κ1) is 33.6. The third-order valence-electron chi connectivity index (χ3n) is 7.79. The predicted molar refractivity (Wildman–Crippen MR) is 174 cm³/mol. The van der Waals surface area contributed by atoms with Gasteiger partial charge in [0.2, 0.25) is 0 Å². The van der Waals surface area contributed by atoms with Crippen LogP contribution in [0.2, 0.25) is 5.02 Å². The number of aromatic nitrogens is 2. The molecule has 2 aliphatic heterocycles. The van der Waals surface area contributed by atoms with E-state index in [1.54, 1.807) is 6.07 Å². The van der Waals surface area contributed by atoms with Crippen LogP contribution in [0.25, 0.3) is 10.8 Å². The summed E-state index contributed by atoms with van der Waals surface area (Å²) >= 11 is 6.66. The van der Waals surface area contributed by atoms with Crippen LogP contribution in [-0.4, -0.2) is 91.9 Å². The van der Waals surface area contributed by atoms with E-state index in [4.69, 9.17) is 31.6 Å². The lowest BCUT2D eigenvalue weighted by molar-refractivity contribution is -0.128. The quantitative estimate of drug-likeness (QED) is 0.232. The van der Waals surface area contributed by atoms with Crippen molar-refractivity contribution in [2.75, 3.05) is 69.8 Å². The molecular weight excluding hydrogens is 597 g/mol. The van der Waals surface area contributed by atoms with Gasteiger partial charge in [0.25, 0.3) is 5.91 Å². The molecule has 1 unspecified atom stereocenters. The zero-order chi connectivity index (χ0) is 32.5. The summed E-state index contributed by atoms with van der Waals surface area (Å²) in [5.74, 6) is -0.848. The van der Waals surface area contributed by atoms with Crippen molar-refractivity contribution in [1.29, 1.82) is 5.26 Å². The molecule has 0 spiro atoms. The van der Waals surface area contributed by atoms with E-state index < -0.39 is 11.7 Å². The Morgan fingerprint density at radius 1 is 1.16 bits per heavy atom. The Morgan fingerprint density at radius 3 is 2.49 bits per heavy atom. The highest BCUT2D eigenvalue weighted by Crippen LogP contribution is 2.37. The minimum atomic E-state index is -0.949. The molecule has 0 saturated carbocycles. The Balaban J connectivity index is 0.00000148. The molecule has 1 amide bonds. The molecule has 5 rings (SSSR count). The number of carbonyl (C=O) groups excluding carboxylic acids is 2. The minimum absolute atomic E-state index is 0.00161. The lowest BCUT2D eigenvalue weighted by atomic mass is 10.0. The largest absolute Gasteiger partial charge is 0.463 e. The highest BCUT2D eigenvalue weighted by molar-refractivity contribution is 6.36. The zero-order valence-electron chi connectivity index (χ0n) is 26.0. The van der Waals surface area contributed by atoms with Crippen molar-refractivity contribution < 1.29 is 18.7 Å². The van der Waals surface area contributed by atoms with Gasteiger partial charge < -0.3 is 29.1 Å². The maximum absolute atomic E-state index is 13.5. The number of halogens is 2. The fourth-order valence-electron chi connectivity index (χ4n) is 5.79. The van der Waals surface area contributed by atoms with Gasteiger partial charge in [-0.3, -0.25) is 4.79 Å². The molecule has 0 N–H and O–H groups in total. The predicted octanol–water partition coefficient (Wildman–Crippen LogP) is 4.65. The molecule has 2 aromatic carbocycles. The fourth-order valence-corrected chi connectivity index (χ4v) is 6.07. The summed E-state index contributed by atoms with van der Waals surface area (Å²) < 4.78 is 19.6. The molecule has 3 heterocycles. The van der Waals surface area contributed by atoms with E-state index in [0.29, 0.717) is 63.7 Å². The van der Waals surface area contributed by atoms with Gasteiger partial charge >= 0.3 is 6.01 Å². The number of ether oxygens (including phenoxy) is 1. The molecule has 0 bridgehead atoms. The summed E-state index contributed by atoms with van der Waals surface area (Å²) in [4.78, 5) is 41.0. The van der Waals surface area contributed by atoms with E-state index >= 15 is 0 Å². The number of nitrogens with zero attached hydrogens (tertiary/aromatic N) is 7. The van der Waals surface area contributed by atoms with E-state index in [2.05, 4.69) is 34.6 Å². The minimum Gasteiger partial charge on any atom is -0.463 e. The number of hydrogen-bond donors (Lipinski definition) is 0. The van der Waals surface area contributed by atoms with Gasteiger partial charge in [0, 0.05) is 75.2 Å². The molecule has 45 heavy (non-hydrogen) atoms. The van der Waals surface area contributed by atoms with Crippen LogP contribution in [-0.2, 0) is 22.6 Å². The Labute approximate surface area is 268 Å². The van der Waals surface area contributed by atoms with E-state index in [9.17, 15) is 14.0 Å². The maximum Gasteiger partial charge on any atom is 0.318 e. The van der Waals surface area contributed by atoms with Crippen LogP contribution in [0.4, 0.5) is 15.9 Å². The molecule has 1 atom stereocenters. The van der Waals surface area contributed by atoms with Crippen LogP contribution in [0, 0.1) is 17.2 Å². The lowest BCUT2D eigenvalue weighted by Gasteiger charge is -2.38. The average Bonchev–Trinajstić information content (AvgIpc) is 3.03. The van der Waals surface area contributed by atoms with Crippen molar-refractivity contribution in [2.24, 2.45) is 5.92 Å². The molecule has 1 saturated heterocycles. The number of carbonyl (C=O) groups is 2. The summed E-state index contributed by atoms with van der Waals surface area (Å²) in [5, 5.41) is 10.1. The van der Waals surface area contributed by atoms with Gasteiger partial charge in [-0.1, -0.05) is 42.4 Å². The molecule has 1 aromatic heterocycles. The van der Waals surface area contributed by atoms with Crippen molar-refractivity contribution in [2.45, 2.75) is 26.3 Å². The molecule has 12 heteroatoms. The van der Waals surface area contributed by atoms with Gasteiger partial charge in [-0.25, -0.2) is 4.39 Å². The number of anilines is 2. The van der Waals surface area contributed by atoms with Crippen LogP contribution >= 0.6 is 11.6 Å². The first-order chi connectivity index (χ1) is 21.7. The van der Waals surface area contributed by atoms with Crippen LogP contribution in [0.3, 0.4) is 0 Å². The third-order valence-corrected chi connectivity index (χ3v) is 8.11. The molecule has 1 fully saturated rings. The molecule has 10 nitrogen and oxygen atoms in total. The van der Waals surface area contributed by atoms with Gasteiger partial charge in [-0.05, 0) is 38.0 Å². The van der Waals surface area contributed by atoms with Crippen molar-refractivity contribution in [1.82, 2.24) is 19.8 Å². The number of hydrogen-bond acceptors (Lipinski definition) is 9. The SMILES string of the molecule is C=C(F)C(=O)N1CCN(c2nc(OCC(CC=O)CN(C)C)nc3c2CCN(c2cccc4cccc(Cl)c24)C3)CC1.CC#N. The fraction of sp³-hybridized carbons (Fsp3) is 0.424. The number of piperazine rings is 1. The molecule has 2 aliphatic rings. The van der Waals surface area contributed by atoms with Crippen LogP contribution < -0.4 is 14.5 Å². The maximum atomic E-state index is 13.5. The molecular formula is C33H39ClFN7O3. The standard InChI is InChI=1S/C31H36ClFN6O3.C2H3N/c1-21(33)30(41)38-15-13-37(14-16-38)29-24-10-12-39(27-9-5-7-23-6-4-8-25(32)28(23)27)19-26(24)34-31(35-29)42-20-22(11-17-40)18-36(2)3;1-2-3/h4-9,17,22H,1,10-16,18-20H2,2-3H3;1H3. The molecule has 0 aliphatic carbocycles. The van der Waals surface area contributed by atoms with Crippen molar-refractivity contribution in [3.8, 4) is 12.1 Å². The van der Waals surface area contributed by atoms with Crippen molar-refractivity contribution >= 4 is 46.1 Å². The third kappa shape index (κ3) is 8.26. The first-order valence-corrected chi connectivity index (χ1v) is 15.3. The van der Waals surface area contributed by atoms with E-state index in [1.165, 1.54) is 11.8 Å². The van der Waals surface area contributed by atoms with Gasteiger partial charge in [0.05, 0.1) is 29.9 Å². The Bertz CT molecular complexity index is 1560. The zero-order valence-corrected chi connectivity index (χ0v) is 26.8. The highest BCUT2D eigenvalue weighted by atomic mass is 35.5. The van der Waals surface area contributed by atoms with Gasteiger partial charge in [-0.15, -0.1) is 0 Å². The Hall–Kier alpha value is -4.27. The van der Waals surface area contributed by atoms with Crippen LogP contribution in [0.1, 0.15) is 24.6 Å². The van der Waals surface area contributed by atoms with Gasteiger partial charge in [0.15, 0.2) is 5.83 Å². The smallest absolute Gasteiger partial charge is 0.318 e. The summed E-state index contributed by atoms with van der Waals surface area (Å²) in [6, 6.07) is 14.1. The average molecular weight is 636 g/mol. The highest BCUT2D eigenvalue weighted by Gasteiger charge is 2.30. The first-order valence-electron chi connectivity index (χ1n) is 14.9. The van der Waals surface area contributed by atoms with E-state index in [-0.39, 0.29) is 11.9 Å². The summed E-state index contributed by atoms with van der Waals surface area (Å²) in [7, 11) is 3.92. The van der Waals surface area contributed by atoms with Crippen LogP contribution in [0.5, 0.6) is 6.01 Å². The molecule has 0 radical (unpaired) electrons. The van der Waals surface area contributed by atoms with E-state index in [0.717, 1.165) is 46.4 Å². The van der Waals surface area contributed by atoms with Crippen LogP contribution in [0.15, 0.2) is 48.8 Å². The summed E-state index contributed by atoms with van der Waals surface area (Å²) in [6.07, 6.45) is 2.00. The summed E-state index contributed by atoms with van der Waals surface area (Å²) in [5.41, 5.74) is 2.94. The van der Waals surface area contributed by atoms with Crippen molar-refractivity contribution in [3.63, 3.8) is 0 Å².